The average molecular weight is 349 g/mol. The first-order valence-corrected chi connectivity index (χ1v) is 8.58. The zero-order valence-corrected chi connectivity index (χ0v) is 13.9. The monoisotopic (exact) mass is 348 g/mol. The van der Waals surface area contributed by atoms with Crippen LogP contribution in [0.15, 0.2) is 27.6 Å². The molecule has 0 spiro atoms. The molecular weight excluding hydrogens is 328 g/mol. The van der Waals surface area contributed by atoms with E-state index in [-0.39, 0.29) is 4.90 Å². The van der Waals surface area contributed by atoms with E-state index in [1.165, 1.54) is 0 Å². The molecule has 4 nitrogen and oxygen atoms in total. The van der Waals surface area contributed by atoms with Crippen LogP contribution in [-0.2, 0) is 16.6 Å². The summed E-state index contributed by atoms with van der Waals surface area (Å²) in [5.74, 6) is 0. The van der Waals surface area contributed by atoms with Crippen molar-refractivity contribution in [3.63, 3.8) is 0 Å². The lowest BCUT2D eigenvalue weighted by molar-refractivity contribution is 0.388. The Labute approximate surface area is 124 Å². The average Bonchev–Trinajstić information content (AvgIpc) is 2.37. The van der Waals surface area contributed by atoms with E-state index in [2.05, 4.69) is 20.7 Å². The summed E-state index contributed by atoms with van der Waals surface area (Å²) >= 11 is 3.30. The van der Waals surface area contributed by atoms with Crippen molar-refractivity contribution in [2.75, 3.05) is 0 Å². The van der Waals surface area contributed by atoms with Gasteiger partial charge in [-0.1, -0.05) is 19.9 Å². The predicted octanol–water partition coefficient (Wildman–Crippen LogP) is 2.76. The Bertz CT molecular complexity index is 540. The van der Waals surface area contributed by atoms with Crippen molar-refractivity contribution in [2.45, 2.75) is 50.6 Å². The molecule has 0 aliphatic carbocycles. The minimum atomic E-state index is -3.54. The van der Waals surface area contributed by atoms with Crippen molar-refractivity contribution in [3.8, 4) is 0 Å². The fraction of sp³-hybridized carbons (Fsp3) is 0.538. The van der Waals surface area contributed by atoms with Crippen molar-refractivity contribution in [1.29, 1.82) is 0 Å². The molecule has 0 radical (unpaired) electrons. The Balaban J connectivity index is 3.14. The molecule has 0 bridgehead atoms. The number of halogens is 1. The molecule has 6 heteroatoms. The van der Waals surface area contributed by atoms with Gasteiger partial charge < -0.3 is 5.73 Å². The topological polar surface area (TPSA) is 72.2 Å². The molecule has 19 heavy (non-hydrogen) atoms. The summed E-state index contributed by atoms with van der Waals surface area (Å²) in [6.45, 7) is 6.23. The highest BCUT2D eigenvalue weighted by atomic mass is 79.9. The number of benzene rings is 1. The van der Waals surface area contributed by atoms with Crippen molar-refractivity contribution < 1.29 is 8.42 Å². The third kappa shape index (κ3) is 4.02. The Morgan fingerprint density at radius 3 is 2.32 bits per heavy atom. The molecule has 0 aromatic heterocycles. The van der Waals surface area contributed by atoms with Gasteiger partial charge in [-0.05, 0) is 53.4 Å². The summed E-state index contributed by atoms with van der Waals surface area (Å²) in [6.07, 6.45) is 1.47. The number of nitrogens with one attached hydrogen (secondary N) is 1. The SMILES string of the molecule is CCC(C)(CC)NS(=O)(=O)c1ccc(CN)cc1Br. The molecule has 1 aromatic rings. The first kappa shape index (κ1) is 16.6. The number of hydrogen-bond acceptors (Lipinski definition) is 3. The lowest BCUT2D eigenvalue weighted by atomic mass is 9.98. The maximum absolute atomic E-state index is 12.4. The van der Waals surface area contributed by atoms with Gasteiger partial charge in [0.2, 0.25) is 10.0 Å². The van der Waals surface area contributed by atoms with Crippen LogP contribution in [0.1, 0.15) is 39.2 Å². The Morgan fingerprint density at radius 1 is 1.32 bits per heavy atom. The summed E-state index contributed by atoms with van der Waals surface area (Å²) in [7, 11) is -3.54. The predicted molar refractivity (Wildman–Crippen MR) is 81.3 cm³/mol. The highest BCUT2D eigenvalue weighted by molar-refractivity contribution is 9.10. The van der Waals surface area contributed by atoms with Crippen LogP contribution in [0.5, 0.6) is 0 Å². The molecule has 0 aliphatic heterocycles. The Hall–Kier alpha value is -0.430. The van der Waals surface area contributed by atoms with Crippen LogP contribution in [0.2, 0.25) is 0 Å². The second-order valence-corrected chi connectivity index (χ2v) is 7.35. The summed E-state index contributed by atoms with van der Waals surface area (Å²) in [5.41, 5.74) is 6.00. The molecule has 3 N–H and O–H groups in total. The molecule has 0 saturated heterocycles. The number of sulfonamides is 1. The van der Waals surface area contributed by atoms with Crippen LogP contribution in [-0.4, -0.2) is 14.0 Å². The van der Waals surface area contributed by atoms with E-state index in [0.29, 0.717) is 11.0 Å². The second kappa shape index (κ2) is 6.35. The van der Waals surface area contributed by atoms with Gasteiger partial charge in [0.15, 0.2) is 0 Å². The molecule has 1 aromatic carbocycles. The minimum absolute atomic E-state index is 0.248. The van der Waals surface area contributed by atoms with Gasteiger partial charge in [-0.15, -0.1) is 0 Å². The lowest BCUT2D eigenvalue weighted by Crippen LogP contribution is -2.44. The van der Waals surface area contributed by atoms with Crippen LogP contribution >= 0.6 is 15.9 Å². The molecule has 0 amide bonds. The zero-order valence-electron chi connectivity index (χ0n) is 11.5. The number of hydrogen-bond donors (Lipinski definition) is 2. The van der Waals surface area contributed by atoms with Crippen LogP contribution in [0.3, 0.4) is 0 Å². The highest BCUT2D eigenvalue weighted by Crippen LogP contribution is 2.25. The molecule has 1 rings (SSSR count). The maximum Gasteiger partial charge on any atom is 0.242 e. The molecular formula is C13H21BrN2O2S. The van der Waals surface area contributed by atoms with E-state index in [9.17, 15) is 8.42 Å². The molecule has 0 unspecified atom stereocenters. The van der Waals surface area contributed by atoms with E-state index in [0.717, 1.165) is 18.4 Å². The molecule has 0 saturated carbocycles. The fourth-order valence-electron chi connectivity index (χ4n) is 1.66. The van der Waals surface area contributed by atoms with Crippen molar-refractivity contribution in [2.24, 2.45) is 5.73 Å². The smallest absolute Gasteiger partial charge is 0.242 e. The van der Waals surface area contributed by atoms with Crippen molar-refractivity contribution in [1.82, 2.24) is 4.72 Å². The van der Waals surface area contributed by atoms with Gasteiger partial charge in [-0.25, -0.2) is 13.1 Å². The Kier molecular flexibility index (Phi) is 5.55. The van der Waals surface area contributed by atoms with Crippen LogP contribution in [0.4, 0.5) is 0 Å². The van der Waals surface area contributed by atoms with E-state index in [1.807, 2.05) is 20.8 Å². The van der Waals surface area contributed by atoms with E-state index in [1.54, 1.807) is 18.2 Å². The largest absolute Gasteiger partial charge is 0.326 e. The summed E-state index contributed by atoms with van der Waals surface area (Å²) in [6, 6.07) is 5.05. The van der Waals surface area contributed by atoms with E-state index in [4.69, 9.17) is 5.73 Å². The quantitative estimate of drug-likeness (QED) is 0.830. The van der Waals surface area contributed by atoms with Crippen LogP contribution < -0.4 is 10.5 Å². The van der Waals surface area contributed by atoms with Gasteiger partial charge >= 0.3 is 0 Å². The molecule has 0 atom stereocenters. The first-order chi connectivity index (χ1) is 8.78. The highest BCUT2D eigenvalue weighted by Gasteiger charge is 2.28. The van der Waals surface area contributed by atoms with Crippen molar-refractivity contribution in [3.05, 3.63) is 28.2 Å². The fourth-order valence-corrected chi connectivity index (χ4v) is 4.34. The molecule has 0 fully saturated rings. The number of nitrogens with two attached hydrogens (primary N) is 1. The van der Waals surface area contributed by atoms with Gasteiger partial charge in [0.05, 0.1) is 4.90 Å². The minimum Gasteiger partial charge on any atom is -0.326 e. The van der Waals surface area contributed by atoms with Gasteiger partial charge in [-0.2, -0.15) is 0 Å². The summed E-state index contributed by atoms with van der Waals surface area (Å²) in [4.78, 5) is 0.248. The van der Waals surface area contributed by atoms with Gasteiger partial charge in [0.1, 0.15) is 0 Å². The normalized spacial score (nSPS) is 12.7. The third-order valence-corrected chi connectivity index (χ3v) is 6.08. The van der Waals surface area contributed by atoms with E-state index < -0.39 is 15.6 Å². The third-order valence-electron chi connectivity index (χ3n) is 3.46. The summed E-state index contributed by atoms with van der Waals surface area (Å²) < 4.78 is 28.1. The molecule has 0 heterocycles. The summed E-state index contributed by atoms with van der Waals surface area (Å²) in [5, 5.41) is 0. The zero-order chi connectivity index (χ0) is 14.7. The van der Waals surface area contributed by atoms with Crippen LogP contribution in [0.25, 0.3) is 0 Å². The lowest BCUT2D eigenvalue weighted by Gasteiger charge is -2.28. The van der Waals surface area contributed by atoms with Gasteiger partial charge in [0, 0.05) is 16.6 Å². The maximum atomic E-state index is 12.4. The van der Waals surface area contributed by atoms with Gasteiger partial charge in [-0.3, -0.25) is 0 Å². The second-order valence-electron chi connectivity index (χ2n) is 4.84. The molecule has 0 aliphatic rings. The standard InChI is InChI=1S/C13H21BrN2O2S/c1-4-13(3,5-2)16-19(17,18)12-7-6-10(9-15)8-11(12)14/h6-8,16H,4-5,9,15H2,1-3H3. The van der Waals surface area contributed by atoms with E-state index >= 15 is 0 Å². The molecule has 108 valence electrons. The number of rotatable bonds is 6. The first-order valence-electron chi connectivity index (χ1n) is 6.30. The van der Waals surface area contributed by atoms with Crippen LogP contribution in [0, 0.1) is 0 Å². The van der Waals surface area contributed by atoms with Crippen molar-refractivity contribution >= 4 is 26.0 Å². The van der Waals surface area contributed by atoms with Gasteiger partial charge in [0.25, 0.3) is 0 Å². The Morgan fingerprint density at radius 2 is 1.89 bits per heavy atom.